The van der Waals surface area contributed by atoms with Crippen molar-refractivity contribution in [3.8, 4) is 17.1 Å². The molecular formula is C31H23FN6O. The lowest BCUT2D eigenvalue weighted by Gasteiger charge is -2.14. The maximum Gasteiger partial charge on any atom is 0.250 e. The average Bonchev–Trinajstić information content (AvgIpc) is 3.68. The summed E-state index contributed by atoms with van der Waals surface area (Å²) in [5, 5.41) is 5.45. The van der Waals surface area contributed by atoms with Crippen LogP contribution in [0, 0.1) is 5.82 Å². The molecule has 0 saturated heterocycles. The maximum atomic E-state index is 13.9. The molecule has 3 heterocycles. The highest BCUT2D eigenvalue weighted by molar-refractivity contribution is 6.15. The van der Waals surface area contributed by atoms with Gasteiger partial charge in [-0.3, -0.25) is 4.79 Å². The van der Waals surface area contributed by atoms with Gasteiger partial charge in [-0.15, -0.1) is 0 Å². The summed E-state index contributed by atoms with van der Waals surface area (Å²) in [5.41, 5.74) is 13.0. The topological polar surface area (TPSA) is 105 Å². The number of nitrogens with one attached hydrogen (secondary N) is 3. The van der Waals surface area contributed by atoms with Crippen molar-refractivity contribution in [3.63, 3.8) is 0 Å². The van der Waals surface area contributed by atoms with Crippen LogP contribution in [0.3, 0.4) is 0 Å². The second-order valence-electron chi connectivity index (χ2n) is 9.47. The van der Waals surface area contributed by atoms with Gasteiger partial charge in [-0.25, -0.2) is 9.37 Å². The highest BCUT2D eigenvalue weighted by atomic mass is 19.1. The first-order valence-corrected chi connectivity index (χ1v) is 12.5. The second-order valence-corrected chi connectivity index (χ2v) is 9.47. The fourth-order valence-corrected chi connectivity index (χ4v) is 5.30. The van der Waals surface area contributed by atoms with Crippen molar-refractivity contribution < 1.29 is 9.18 Å². The summed E-state index contributed by atoms with van der Waals surface area (Å²) in [6.45, 7) is 0.539. The molecule has 1 amide bonds. The van der Waals surface area contributed by atoms with Crippen molar-refractivity contribution in [3.05, 3.63) is 114 Å². The predicted molar refractivity (Wildman–Crippen MR) is 152 cm³/mol. The van der Waals surface area contributed by atoms with E-state index in [1.807, 2.05) is 54.9 Å². The molecule has 0 fully saturated rings. The Morgan fingerprint density at radius 3 is 2.69 bits per heavy atom. The van der Waals surface area contributed by atoms with Crippen LogP contribution in [0.15, 0.2) is 97.3 Å². The number of amides is 1. The summed E-state index contributed by atoms with van der Waals surface area (Å²) in [4.78, 5) is 23.3. The molecule has 0 atom stereocenters. The molecule has 4 aromatic carbocycles. The van der Waals surface area contributed by atoms with Crippen LogP contribution in [0.25, 0.3) is 49.9 Å². The Balaban J connectivity index is 1.43. The number of rotatable bonds is 6. The minimum absolute atomic E-state index is 0.312. The van der Waals surface area contributed by atoms with Crippen molar-refractivity contribution in [2.45, 2.75) is 6.54 Å². The van der Waals surface area contributed by atoms with Gasteiger partial charge < -0.3 is 25.6 Å². The van der Waals surface area contributed by atoms with E-state index in [1.165, 1.54) is 12.1 Å². The van der Waals surface area contributed by atoms with E-state index in [9.17, 15) is 9.18 Å². The lowest BCUT2D eigenvalue weighted by Crippen LogP contribution is -2.15. The first kappa shape index (κ1) is 22.8. The molecule has 7 nitrogen and oxygen atoms in total. The lowest BCUT2D eigenvalue weighted by atomic mass is 10.1. The summed E-state index contributed by atoms with van der Waals surface area (Å²) in [5.74, 6) is -0.140. The minimum atomic E-state index is -0.496. The molecule has 39 heavy (non-hydrogen) atoms. The third kappa shape index (κ3) is 3.81. The molecule has 0 aliphatic carbocycles. The summed E-state index contributed by atoms with van der Waals surface area (Å²) < 4.78 is 16.0. The van der Waals surface area contributed by atoms with E-state index in [0.717, 1.165) is 38.6 Å². The average molecular weight is 515 g/mol. The van der Waals surface area contributed by atoms with Crippen LogP contribution >= 0.6 is 0 Å². The molecule has 0 unspecified atom stereocenters. The van der Waals surface area contributed by atoms with Gasteiger partial charge in [0.15, 0.2) is 0 Å². The van der Waals surface area contributed by atoms with E-state index in [0.29, 0.717) is 34.7 Å². The largest absolute Gasteiger partial charge is 0.380 e. The zero-order chi connectivity index (χ0) is 26.5. The van der Waals surface area contributed by atoms with Crippen LogP contribution in [0.4, 0.5) is 10.1 Å². The highest BCUT2D eigenvalue weighted by Gasteiger charge is 2.19. The first-order chi connectivity index (χ1) is 19.1. The van der Waals surface area contributed by atoms with Crippen LogP contribution in [0.5, 0.6) is 0 Å². The van der Waals surface area contributed by atoms with Crippen LogP contribution in [-0.4, -0.2) is 25.4 Å². The van der Waals surface area contributed by atoms with Crippen molar-refractivity contribution in [2.75, 3.05) is 5.32 Å². The van der Waals surface area contributed by atoms with Crippen molar-refractivity contribution in [1.82, 2.24) is 19.5 Å². The fraction of sp³-hybridized carbons (Fsp3) is 0.0323. The van der Waals surface area contributed by atoms with Crippen molar-refractivity contribution in [1.29, 1.82) is 0 Å². The first-order valence-electron chi connectivity index (χ1n) is 12.5. The summed E-state index contributed by atoms with van der Waals surface area (Å²) in [6, 6.07) is 26.4. The molecule has 5 N–H and O–H groups in total. The Hall–Kier alpha value is -5.37. The number of hydrogen-bond acceptors (Lipinski definition) is 3. The van der Waals surface area contributed by atoms with E-state index in [2.05, 4.69) is 38.1 Å². The molecule has 0 saturated carbocycles. The molecule has 7 aromatic rings. The van der Waals surface area contributed by atoms with E-state index in [4.69, 9.17) is 10.7 Å². The number of aromatic nitrogens is 4. The molecule has 0 radical (unpaired) electrons. The minimum Gasteiger partial charge on any atom is -0.380 e. The molecule has 8 heteroatoms. The number of nitrogens with two attached hydrogens (primary N) is 1. The molecule has 190 valence electrons. The van der Waals surface area contributed by atoms with Crippen LogP contribution in [-0.2, 0) is 6.54 Å². The van der Waals surface area contributed by atoms with Crippen molar-refractivity contribution >= 4 is 44.4 Å². The van der Waals surface area contributed by atoms with E-state index < -0.39 is 5.91 Å². The zero-order valence-corrected chi connectivity index (χ0v) is 20.7. The number of fused-ring (bicyclic) bond motifs is 4. The Labute approximate surface area is 222 Å². The van der Waals surface area contributed by atoms with Crippen LogP contribution in [0.2, 0.25) is 0 Å². The van der Waals surface area contributed by atoms with E-state index >= 15 is 0 Å². The number of hydrogen-bond donors (Lipinski definition) is 4. The number of nitrogens with zero attached hydrogens (tertiary/aromatic N) is 2. The van der Waals surface area contributed by atoms with E-state index in [-0.39, 0.29) is 5.82 Å². The van der Waals surface area contributed by atoms with Crippen LogP contribution < -0.4 is 11.1 Å². The quantitative estimate of drug-likeness (QED) is 0.203. The molecule has 7 rings (SSSR count). The third-order valence-corrected chi connectivity index (χ3v) is 7.07. The standard InChI is InChI=1S/C31H23FN6O/c32-19-8-11-24-26(14-19)37-31(36-24)23-5-3-7-28-29(23)22-4-1-2-6-27(22)38(28)20-9-10-21(30(33)39)25(15-20)35-17-18-12-13-34-16-18/h1-16,34-35H,17H2,(H2,33,39)(H,36,37). The number of benzene rings is 4. The monoisotopic (exact) mass is 514 g/mol. The summed E-state index contributed by atoms with van der Waals surface area (Å²) in [7, 11) is 0. The molecular weight excluding hydrogens is 491 g/mol. The third-order valence-electron chi connectivity index (χ3n) is 7.07. The molecule has 0 spiro atoms. The maximum absolute atomic E-state index is 13.9. The Morgan fingerprint density at radius 2 is 1.85 bits per heavy atom. The van der Waals surface area contributed by atoms with Gasteiger partial charge in [0, 0.05) is 46.6 Å². The Kier molecular flexibility index (Phi) is 5.19. The van der Waals surface area contributed by atoms with Gasteiger partial charge in [-0.2, -0.15) is 0 Å². The summed E-state index contributed by atoms with van der Waals surface area (Å²) in [6.07, 6.45) is 3.76. The highest BCUT2D eigenvalue weighted by Crippen LogP contribution is 2.38. The van der Waals surface area contributed by atoms with Gasteiger partial charge >= 0.3 is 0 Å². The molecule has 0 aliphatic rings. The molecule has 3 aromatic heterocycles. The SMILES string of the molecule is NC(=O)c1ccc(-n2c3ccccc3c3c(-c4nc5ccc(F)cc5[nH]4)cccc32)cc1NCc1cc[nH]c1. The Morgan fingerprint density at radius 1 is 0.974 bits per heavy atom. The lowest BCUT2D eigenvalue weighted by molar-refractivity contribution is 0.100. The normalized spacial score (nSPS) is 11.5. The van der Waals surface area contributed by atoms with Gasteiger partial charge in [0.25, 0.3) is 5.91 Å². The molecule has 0 aliphatic heterocycles. The number of H-pyrrole nitrogens is 2. The van der Waals surface area contributed by atoms with Gasteiger partial charge in [0.05, 0.1) is 27.6 Å². The number of para-hydroxylation sites is 1. The number of carbonyl (C=O) groups excluding carboxylic acids is 1. The number of halogens is 1. The number of imidazole rings is 1. The van der Waals surface area contributed by atoms with Gasteiger partial charge in [-0.05, 0) is 60.2 Å². The molecule has 0 bridgehead atoms. The number of anilines is 1. The van der Waals surface area contributed by atoms with Gasteiger partial charge in [-0.1, -0.05) is 30.3 Å². The predicted octanol–water partition coefficient (Wildman–Crippen LogP) is 6.51. The number of primary amides is 1. The zero-order valence-electron chi connectivity index (χ0n) is 20.7. The second kappa shape index (κ2) is 8.88. The number of aromatic amines is 2. The fourth-order valence-electron chi connectivity index (χ4n) is 5.30. The van der Waals surface area contributed by atoms with Crippen LogP contribution in [0.1, 0.15) is 15.9 Å². The number of carbonyl (C=O) groups is 1. The van der Waals surface area contributed by atoms with Gasteiger partial charge in [0.2, 0.25) is 0 Å². The smallest absolute Gasteiger partial charge is 0.250 e. The van der Waals surface area contributed by atoms with E-state index in [1.54, 1.807) is 12.1 Å². The van der Waals surface area contributed by atoms with Crippen molar-refractivity contribution in [2.24, 2.45) is 5.73 Å². The van der Waals surface area contributed by atoms with Gasteiger partial charge in [0.1, 0.15) is 11.6 Å². The Bertz CT molecular complexity index is 2020. The summed E-state index contributed by atoms with van der Waals surface area (Å²) >= 11 is 0.